The lowest BCUT2D eigenvalue weighted by atomic mass is 9.43. The molecule has 0 aromatic carbocycles. The van der Waals surface area contributed by atoms with E-state index in [9.17, 15) is 15.0 Å². The highest BCUT2D eigenvalue weighted by atomic mass is 16.5. The monoisotopic (exact) mass is 334 g/mol. The van der Waals surface area contributed by atoms with E-state index >= 15 is 0 Å². The van der Waals surface area contributed by atoms with E-state index in [0.717, 1.165) is 25.7 Å². The van der Waals surface area contributed by atoms with Crippen molar-refractivity contribution in [3.05, 3.63) is 0 Å². The van der Waals surface area contributed by atoms with E-state index in [1.165, 1.54) is 19.3 Å². The van der Waals surface area contributed by atoms with Gasteiger partial charge in [0, 0.05) is 24.2 Å². The van der Waals surface area contributed by atoms with Gasteiger partial charge in [-0.2, -0.15) is 0 Å². The second-order valence-electron chi connectivity index (χ2n) is 9.85. The van der Waals surface area contributed by atoms with Gasteiger partial charge in [-0.25, -0.2) is 0 Å². The van der Waals surface area contributed by atoms with Crippen molar-refractivity contribution in [2.75, 3.05) is 0 Å². The van der Waals surface area contributed by atoms with Crippen LogP contribution < -0.4 is 0 Å². The summed E-state index contributed by atoms with van der Waals surface area (Å²) in [6.07, 6.45) is 8.84. The van der Waals surface area contributed by atoms with Crippen LogP contribution in [0.2, 0.25) is 0 Å². The van der Waals surface area contributed by atoms with Gasteiger partial charge in [-0.15, -0.1) is 0 Å². The van der Waals surface area contributed by atoms with Crippen LogP contribution in [0.15, 0.2) is 0 Å². The van der Waals surface area contributed by atoms with Crippen molar-refractivity contribution in [1.82, 2.24) is 0 Å². The first kappa shape index (κ1) is 17.0. The number of carbonyl (C=O) groups is 1. The lowest BCUT2D eigenvalue weighted by Crippen LogP contribution is -2.65. The van der Waals surface area contributed by atoms with E-state index in [1.807, 2.05) is 6.92 Å². The predicted octanol–water partition coefficient (Wildman–Crippen LogP) is 3.92. The molecule has 4 saturated carbocycles. The van der Waals surface area contributed by atoms with Crippen LogP contribution in [0.3, 0.4) is 0 Å². The van der Waals surface area contributed by atoms with Gasteiger partial charge in [0.05, 0.1) is 0 Å². The van der Waals surface area contributed by atoms with E-state index in [1.54, 1.807) is 0 Å². The summed E-state index contributed by atoms with van der Waals surface area (Å²) < 4.78 is 0. The Kier molecular flexibility index (Phi) is 3.76. The predicted molar refractivity (Wildman–Crippen MR) is 93.1 cm³/mol. The van der Waals surface area contributed by atoms with Crippen molar-refractivity contribution in [3.8, 4) is 0 Å². The van der Waals surface area contributed by atoms with Gasteiger partial charge >= 0.3 is 0 Å². The average molecular weight is 335 g/mol. The van der Waals surface area contributed by atoms with E-state index in [-0.39, 0.29) is 11.3 Å². The van der Waals surface area contributed by atoms with E-state index in [2.05, 4.69) is 13.8 Å². The van der Waals surface area contributed by atoms with Gasteiger partial charge in [0.25, 0.3) is 0 Å². The van der Waals surface area contributed by atoms with Crippen LogP contribution in [0.25, 0.3) is 0 Å². The third-order valence-electron chi connectivity index (χ3n) is 9.23. The highest BCUT2D eigenvalue weighted by Gasteiger charge is 2.67. The SMILES string of the molecule is CC[C@H]1CC[C@H]2[C@@H]3CCC4CCCC(O)(O)[C@]4(C)[C@H]3C(=O)C[C@]12C. The molecule has 3 nitrogen and oxygen atoms in total. The first-order valence-electron chi connectivity index (χ1n) is 10.2. The van der Waals surface area contributed by atoms with Crippen molar-refractivity contribution in [2.45, 2.75) is 84.3 Å². The Bertz CT molecular complexity index is 541. The molecule has 7 atom stereocenters. The van der Waals surface area contributed by atoms with Crippen LogP contribution >= 0.6 is 0 Å². The summed E-state index contributed by atoms with van der Waals surface area (Å²) >= 11 is 0. The zero-order chi connectivity index (χ0) is 17.3. The lowest BCUT2D eigenvalue weighted by Gasteiger charge is -2.62. The highest BCUT2D eigenvalue weighted by molar-refractivity contribution is 5.84. The summed E-state index contributed by atoms with van der Waals surface area (Å²) in [5.74, 6) is 0.440. The Balaban J connectivity index is 1.75. The largest absolute Gasteiger partial charge is 0.365 e. The Labute approximate surface area is 146 Å². The van der Waals surface area contributed by atoms with Crippen LogP contribution in [-0.4, -0.2) is 21.8 Å². The van der Waals surface area contributed by atoms with Crippen LogP contribution in [0.4, 0.5) is 0 Å². The summed E-state index contributed by atoms with van der Waals surface area (Å²) in [6.45, 7) is 6.65. The molecule has 0 saturated heterocycles. The zero-order valence-corrected chi connectivity index (χ0v) is 15.6. The molecule has 0 aromatic rings. The molecular weight excluding hydrogens is 300 g/mol. The fourth-order valence-corrected chi connectivity index (χ4v) is 7.93. The molecule has 0 heterocycles. The first-order chi connectivity index (χ1) is 11.3. The number of aliphatic hydroxyl groups is 2. The Morgan fingerprint density at radius 3 is 2.54 bits per heavy atom. The summed E-state index contributed by atoms with van der Waals surface area (Å²) in [7, 11) is 0. The van der Waals surface area contributed by atoms with Crippen LogP contribution in [0.5, 0.6) is 0 Å². The normalized spacial score (nSPS) is 53.2. The fourth-order valence-electron chi connectivity index (χ4n) is 7.93. The molecule has 3 heteroatoms. The number of hydrogen-bond acceptors (Lipinski definition) is 3. The number of rotatable bonds is 1. The van der Waals surface area contributed by atoms with Crippen molar-refractivity contribution in [2.24, 2.45) is 40.4 Å². The topological polar surface area (TPSA) is 57.5 Å². The van der Waals surface area contributed by atoms with Crippen molar-refractivity contribution >= 4 is 5.78 Å². The van der Waals surface area contributed by atoms with Crippen molar-refractivity contribution < 1.29 is 15.0 Å². The molecule has 0 aromatic heterocycles. The van der Waals surface area contributed by atoms with Crippen molar-refractivity contribution in [1.29, 1.82) is 0 Å². The molecule has 0 radical (unpaired) electrons. The molecule has 4 aliphatic carbocycles. The molecule has 4 rings (SSSR count). The Morgan fingerprint density at radius 2 is 1.83 bits per heavy atom. The zero-order valence-electron chi connectivity index (χ0n) is 15.6. The number of carbonyl (C=O) groups excluding carboxylic acids is 1. The quantitative estimate of drug-likeness (QED) is 0.715. The van der Waals surface area contributed by atoms with Gasteiger partial charge in [0.15, 0.2) is 5.79 Å². The van der Waals surface area contributed by atoms with E-state index in [4.69, 9.17) is 0 Å². The molecule has 136 valence electrons. The minimum Gasteiger partial charge on any atom is -0.365 e. The van der Waals surface area contributed by atoms with Gasteiger partial charge in [-0.05, 0) is 67.6 Å². The third-order valence-corrected chi connectivity index (χ3v) is 9.23. The van der Waals surface area contributed by atoms with Gasteiger partial charge in [0.1, 0.15) is 5.78 Å². The standard InChI is InChI=1S/C21H34O3/c1-4-13-8-10-16-15-9-7-14-6-5-11-21(23,24)20(14,3)18(15)17(22)12-19(13,16)2/h13-16,18,23-24H,4-12H2,1-3H3/t13-,14?,15-,16-,18+,19+,20-/m0/s1. The van der Waals surface area contributed by atoms with Gasteiger partial charge < -0.3 is 10.2 Å². The smallest absolute Gasteiger partial charge is 0.168 e. The summed E-state index contributed by atoms with van der Waals surface area (Å²) in [4.78, 5) is 13.4. The van der Waals surface area contributed by atoms with E-state index in [0.29, 0.717) is 42.3 Å². The molecule has 0 amide bonds. The molecule has 0 aliphatic heterocycles. The maximum absolute atomic E-state index is 13.4. The summed E-state index contributed by atoms with van der Waals surface area (Å²) in [5.41, 5.74) is -0.491. The number of Topliss-reactive ketones (excluding diaryl/α,β-unsaturated/α-hetero) is 1. The average Bonchev–Trinajstić information content (AvgIpc) is 2.83. The fraction of sp³-hybridized carbons (Fsp3) is 0.952. The second-order valence-corrected chi connectivity index (χ2v) is 9.85. The van der Waals surface area contributed by atoms with Crippen LogP contribution in [-0.2, 0) is 4.79 Å². The minimum absolute atomic E-state index is 0.139. The van der Waals surface area contributed by atoms with E-state index < -0.39 is 11.2 Å². The van der Waals surface area contributed by atoms with Crippen LogP contribution in [0.1, 0.15) is 78.6 Å². The van der Waals surface area contributed by atoms with Crippen LogP contribution in [0, 0.1) is 40.4 Å². The molecule has 1 unspecified atom stereocenters. The third kappa shape index (κ3) is 1.95. The molecule has 24 heavy (non-hydrogen) atoms. The molecule has 4 fully saturated rings. The maximum Gasteiger partial charge on any atom is 0.168 e. The Hall–Kier alpha value is -0.410. The molecule has 4 aliphatic rings. The molecule has 2 N–H and O–H groups in total. The summed E-state index contributed by atoms with van der Waals surface area (Å²) in [5, 5.41) is 21.8. The number of ketones is 1. The Morgan fingerprint density at radius 1 is 1.08 bits per heavy atom. The lowest BCUT2D eigenvalue weighted by molar-refractivity contribution is -0.305. The van der Waals surface area contributed by atoms with Gasteiger partial charge in [0.2, 0.25) is 0 Å². The first-order valence-corrected chi connectivity index (χ1v) is 10.2. The molecule has 0 bridgehead atoms. The maximum atomic E-state index is 13.4. The number of hydrogen-bond donors (Lipinski definition) is 2. The highest BCUT2D eigenvalue weighted by Crippen LogP contribution is 2.68. The number of fused-ring (bicyclic) bond motifs is 5. The molecule has 0 spiro atoms. The second kappa shape index (κ2) is 5.30. The minimum atomic E-state index is -1.68. The van der Waals surface area contributed by atoms with Crippen molar-refractivity contribution in [3.63, 3.8) is 0 Å². The molecular formula is C21H34O3. The van der Waals surface area contributed by atoms with Gasteiger partial charge in [-0.3, -0.25) is 4.79 Å². The van der Waals surface area contributed by atoms with Gasteiger partial charge in [-0.1, -0.05) is 27.2 Å². The summed E-state index contributed by atoms with van der Waals surface area (Å²) in [6, 6.07) is 0.